The predicted octanol–water partition coefficient (Wildman–Crippen LogP) is 6.86. The lowest BCUT2D eigenvalue weighted by Crippen LogP contribution is -2.16. The molecule has 0 amide bonds. The average Bonchev–Trinajstić information content (AvgIpc) is 2.49. The van der Waals surface area contributed by atoms with Crippen molar-refractivity contribution in [3.63, 3.8) is 0 Å². The predicted molar refractivity (Wildman–Crippen MR) is 130 cm³/mol. The van der Waals surface area contributed by atoms with Crippen molar-refractivity contribution in [2.75, 3.05) is 0 Å². The van der Waals surface area contributed by atoms with Crippen LogP contribution in [0.25, 0.3) is 11.5 Å². The summed E-state index contributed by atoms with van der Waals surface area (Å²) >= 11 is 7.47. The van der Waals surface area contributed by atoms with E-state index in [9.17, 15) is 0 Å². The zero-order chi connectivity index (χ0) is 20.6. The Morgan fingerprint density at radius 3 is 2.07 bits per heavy atom. The first-order valence-corrected chi connectivity index (χ1v) is 14.4. The third-order valence-electron chi connectivity index (χ3n) is 4.36. The van der Waals surface area contributed by atoms with Gasteiger partial charge < -0.3 is 0 Å². The normalized spacial score (nSPS) is 15.0. The zero-order valence-electron chi connectivity index (χ0n) is 17.6. The van der Waals surface area contributed by atoms with Crippen LogP contribution in [0.3, 0.4) is 0 Å². The molecule has 0 atom stereocenters. The van der Waals surface area contributed by atoms with Crippen LogP contribution in [0.15, 0.2) is 55.6 Å². The molecule has 142 valence electrons. The molecular weight excluding hydrogens is 476 g/mol. The minimum Gasteiger partial charge on any atom is -0.122 e. The van der Waals surface area contributed by atoms with Gasteiger partial charge in [-0.25, -0.2) is 0 Å². The van der Waals surface area contributed by atoms with Crippen LogP contribution < -0.4 is 10.4 Å². The van der Waals surface area contributed by atoms with Crippen LogP contribution in [0.1, 0.15) is 34.6 Å². The molecule has 0 aromatic heterocycles. The number of hydrogen-bond donors (Lipinski definition) is 0. The van der Waals surface area contributed by atoms with Crippen molar-refractivity contribution in [1.82, 2.24) is 0 Å². The quantitative estimate of drug-likeness (QED) is 0.289. The minimum atomic E-state index is -1.27. The highest BCUT2D eigenvalue weighted by molar-refractivity contribution is 9.11. The SMILES string of the molecule is CC1=CC(C(C)(C)C)=C[C+](C)C1=C=c1c(Br)cc(=C=C[Si](C)(C)C)cc1Br. The molecule has 0 saturated carbocycles. The third-order valence-corrected chi connectivity index (χ3v) is 6.62. The maximum atomic E-state index is 3.74. The van der Waals surface area contributed by atoms with Crippen LogP contribution >= 0.6 is 31.9 Å². The fourth-order valence-corrected chi connectivity index (χ4v) is 4.78. The third kappa shape index (κ3) is 6.01. The van der Waals surface area contributed by atoms with E-state index in [-0.39, 0.29) is 5.41 Å². The maximum absolute atomic E-state index is 3.74. The van der Waals surface area contributed by atoms with Gasteiger partial charge in [-0.1, -0.05) is 25.3 Å². The first-order valence-electron chi connectivity index (χ1n) is 9.26. The molecule has 1 aromatic rings. The van der Waals surface area contributed by atoms with Crippen molar-refractivity contribution in [3.05, 3.63) is 72.0 Å². The molecule has 0 heterocycles. The second-order valence-electron chi connectivity index (χ2n) is 9.33. The van der Waals surface area contributed by atoms with Crippen LogP contribution in [-0.4, -0.2) is 8.07 Å². The van der Waals surface area contributed by atoms with Gasteiger partial charge in [0.2, 0.25) is 0 Å². The summed E-state index contributed by atoms with van der Waals surface area (Å²) in [7, 11) is -1.27. The average molecular weight is 505 g/mol. The van der Waals surface area contributed by atoms with Crippen LogP contribution in [0.4, 0.5) is 0 Å². The first-order chi connectivity index (χ1) is 12.3. The lowest BCUT2D eigenvalue weighted by atomic mass is 9.77. The van der Waals surface area contributed by atoms with Crippen molar-refractivity contribution in [2.24, 2.45) is 5.41 Å². The summed E-state index contributed by atoms with van der Waals surface area (Å²) in [6, 6.07) is 4.25. The van der Waals surface area contributed by atoms with Gasteiger partial charge in [0.05, 0.1) is 24.8 Å². The molecule has 0 fully saturated rings. The van der Waals surface area contributed by atoms with Crippen LogP contribution in [-0.2, 0) is 0 Å². The maximum Gasteiger partial charge on any atom is 0.153 e. The topological polar surface area (TPSA) is 0 Å². The van der Waals surface area contributed by atoms with Gasteiger partial charge in [0.25, 0.3) is 0 Å². The van der Waals surface area contributed by atoms with Gasteiger partial charge in [0.1, 0.15) is 0 Å². The Kier molecular flexibility index (Phi) is 6.78. The summed E-state index contributed by atoms with van der Waals surface area (Å²) in [5.74, 6) is 1.26. The molecule has 0 N–H and O–H groups in total. The molecule has 0 aliphatic heterocycles. The molecule has 0 saturated heterocycles. The highest BCUT2D eigenvalue weighted by Crippen LogP contribution is 2.36. The van der Waals surface area contributed by atoms with Crippen molar-refractivity contribution >= 4 is 51.4 Å². The summed E-state index contributed by atoms with van der Waals surface area (Å²) in [6.45, 7) is 18.0. The lowest BCUT2D eigenvalue weighted by molar-refractivity contribution is 0.514. The molecule has 0 radical (unpaired) electrons. The van der Waals surface area contributed by atoms with E-state index in [0.717, 1.165) is 19.4 Å². The Balaban J connectivity index is 2.69. The summed E-state index contributed by atoms with van der Waals surface area (Å²) in [5.41, 5.74) is 13.3. The van der Waals surface area contributed by atoms with Gasteiger partial charge in [-0.05, 0) is 78.6 Å². The summed E-state index contributed by atoms with van der Waals surface area (Å²) in [5, 5.41) is 2.13. The van der Waals surface area contributed by atoms with Crippen molar-refractivity contribution < 1.29 is 0 Å². The fraction of sp³-hybridized carbons (Fsp3) is 0.375. The Morgan fingerprint density at radius 2 is 1.63 bits per heavy atom. The van der Waals surface area contributed by atoms with E-state index in [4.69, 9.17) is 0 Å². The molecule has 0 bridgehead atoms. The van der Waals surface area contributed by atoms with Crippen LogP contribution in [0, 0.1) is 11.3 Å². The number of benzene rings is 1. The van der Waals surface area contributed by atoms with E-state index in [1.54, 1.807) is 0 Å². The van der Waals surface area contributed by atoms with E-state index in [1.807, 2.05) is 0 Å². The van der Waals surface area contributed by atoms with E-state index >= 15 is 0 Å². The standard InChI is InChI=1S/C24H29Br2Si/c1-16-11-19(24(3,4)5)12-17(2)20(16)15-21-22(25)13-18(14-23(21)26)9-10-27(6,7)8/h10-14H,1-8H3/q+1. The van der Waals surface area contributed by atoms with Gasteiger partial charge in [0, 0.05) is 43.0 Å². The van der Waals surface area contributed by atoms with Crippen LogP contribution in [0.5, 0.6) is 0 Å². The molecule has 3 heteroatoms. The van der Waals surface area contributed by atoms with E-state index in [1.165, 1.54) is 22.6 Å². The molecule has 0 unspecified atom stereocenters. The molecule has 1 aliphatic carbocycles. The lowest BCUT2D eigenvalue weighted by Gasteiger charge is -2.21. The minimum absolute atomic E-state index is 0.148. The number of rotatable bonds is 1. The molecule has 1 aliphatic rings. The molecule has 2 rings (SSSR count). The zero-order valence-corrected chi connectivity index (χ0v) is 21.8. The Bertz CT molecular complexity index is 969. The summed E-state index contributed by atoms with van der Waals surface area (Å²) in [6.07, 6.45) is 4.58. The molecular formula is C24H29Br2Si+. The first kappa shape index (κ1) is 22.3. The monoisotopic (exact) mass is 503 g/mol. The Morgan fingerprint density at radius 1 is 1.07 bits per heavy atom. The smallest absolute Gasteiger partial charge is 0.122 e. The second kappa shape index (κ2) is 8.19. The van der Waals surface area contributed by atoms with Crippen molar-refractivity contribution in [2.45, 2.75) is 54.3 Å². The number of hydrogen-bond acceptors (Lipinski definition) is 0. The van der Waals surface area contributed by atoms with E-state index in [2.05, 4.69) is 128 Å². The van der Waals surface area contributed by atoms with Gasteiger partial charge in [-0.2, -0.15) is 0 Å². The molecule has 0 nitrogen and oxygen atoms in total. The van der Waals surface area contributed by atoms with Gasteiger partial charge in [-0.15, -0.1) is 5.73 Å². The number of allylic oxidation sites excluding steroid dienone is 5. The highest BCUT2D eigenvalue weighted by Gasteiger charge is 2.29. The van der Waals surface area contributed by atoms with E-state index in [0.29, 0.717) is 0 Å². The van der Waals surface area contributed by atoms with Gasteiger partial charge >= 0.3 is 0 Å². The molecule has 0 spiro atoms. The van der Waals surface area contributed by atoms with Crippen molar-refractivity contribution in [1.29, 1.82) is 0 Å². The highest BCUT2D eigenvalue weighted by atomic mass is 79.9. The molecule has 1 aromatic carbocycles. The summed E-state index contributed by atoms with van der Waals surface area (Å²) < 4.78 is 2.06. The Hall–Kier alpha value is -0.953. The Labute approximate surface area is 182 Å². The number of halogens is 2. The van der Waals surface area contributed by atoms with Gasteiger partial charge in [0.15, 0.2) is 5.57 Å². The van der Waals surface area contributed by atoms with E-state index < -0.39 is 8.07 Å². The summed E-state index contributed by atoms with van der Waals surface area (Å²) in [4.78, 5) is 0. The van der Waals surface area contributed by atoms with Gasteiger partial charge in [-0.3, -0.25) is 0 Å². The molecule has 27 heavy (non-hydrogen) atoms. The van der Waals surface area contributed by atoms with Crippen molar-refractivity contribution in [3.8, 4) is 0 Å². The fourth-order valence-electron chi connectivity index (χ4n) is 2.79. The van der Waals surface area contributed by atoms with Crippen LogP contribution in [0.2, 0.25) is 19.6 Å². The second-order valence-corrected chi connectivity index (χ2v) is 16.1. The largest absolute Gasteiger partial charge is 0.153 e.